The Kier molecular flexibility index (Phi) is 5.87. The van der Waals surface area contributed by atoms with Gasteiger partial charge in [-0.1, -0.05) is 48.5 Å². The molecule has 0 saturated heterocycles. The Labute approximate surface area is 190 Å². The Balaban J connectivity index is 1.48. The zero-order chi connectivity index (χ0) is 23.7. The van der Waals surface area contributed by atoms with Crippen LogP contribution in [0.5, 0.6) is 0 Å². The van der Waals surface area contributed by atoms with Crippen LogP contribution in [0.2, 0.25) is 0 Å². The molecule has 33 heavy (non-hydrogen) atoms. The van der Waals surface area contributed by atoms with Crippen LogP contribution in [0.1, 0.15) is 34.3 Å². The minimum atomic E-state index is -1.14. The van der Waals surface area contributed by atoms with Crippen molar-refractivity contribution in [3.8, 4) is 11.1 Å². The van der Waals surface area contributed by atoms with Crippen LogP contribution in [-0.4, -0.2) is 57.5 Å². The molecule has 3 aromatic rings. The lowest BCUT2D eigenvalue weighted by Crippen LogP contribution is -2.40. The number of fused-ring (bicyclic) bond motifs is 3. The van der Waals surface area contributed by atoms with Gasteiger partial charge in [0.25, 0.3) is 5.91 Å². The maximum Gasteiger partial charge on any atom is 0.412 e. The van der Waals surface area contributed by atoms with E-state index in [1.54, 1.807) is 7.05 Å². The number of rotatable bonds is 6. The number of ether oxygens (including phenoxy) is 1. The third-order valence-electron chi connectivity index (χ3n) is 5.99. The van der Waals surface area contributed by atoms with Crippen molar-refractivity contribution < 1.29 is 24.2 Å². The topological polar surface area (TPSA) is 114 Å². The molecule has 1 aromatic heterocycles. The Hall–Kier alpha value is -4.14. The molecular weight excluding hydrogens is 424 g/mol. The van der Waals surface area contributed by atoms with E-state index < -0.39 is 24.0 Å². The minimum absolute atomic E-state index is 0.0709. The molecule has 0 fully saturated rings. The standard InChI is InChI=1S/C24H24N4O5/c1-14(23(30)31)27(2)22(29)19-12-25-28(3)21(19)26-24(32)33-13-20-17-10-6-4-8-15(17)16-9-5-7-11-18(16)20/h4-12,14,20H,13H2,1-3H3,(H,26,32)(H,30,31). The molecule has 9 heteroatoms. The lowest BCUT2D eigenvalue weighted by Gasteiger charge is -2.21. The molecule has 1 unspecified atom stereocenters. The summed E-state index contributed by atoms with van der Waals surface area (Å²) in [5.74, 6) is -1.69. The monoisotopic (exact) mass is 448 g/mol. The van der Waals surface area contributed by atoms with E-state index in [1.165, 1.54) is 24.9 Å². The first-order valence-corrected chi connectivity index (χ1v) is 10.4. The zero-order valence-corrected chi connectivity index (χ0v) is 18.5. The van der Waals surface area contributed by atoms with Crippen molar-refractivity contribution in [1.82, 2.24) is 14.7 Å². The minimum Gasteiger partial charge on any atom is -0.480 e. The van der Waals surface area contributed by atoms with Crippen molar-refractivity contribution in [1.29, 1.82) is 0 Å². The number of nitrogens with zero attached hydrogens (tertiary/aromatic N) is 3. The summed E-state index contributed by atoms with van der Waals surface area (Å²) in [5.41, 5.74) is 4.50. The molecule has 0 radical (unpaired) electrons. The molecule has 1 aliphatic rings. The van der Waals surface area contributed by atoms with Gasteiger partial charge >= 0.3 is 12.1 Å². The van der Waals surface area contributed by atoms with E-state index in [0.717, 1.165) is 27.2 Å². The number of amides is 2. The predicted octanol–water partition coefficient (Wildman–Crippen LogP) is 3.33. The van der Waals surface area contributed by atoms with Crippen LogP contribution < -0.4 is 5.32 Å². The zero-order valence-electron chi connectivity index (χ0n) is 18.5. The molecular formula is C24H24N4O5. The SMILES string of the molecule is CC(C(=O)O)N(C)C(=O)c1cnn(C)c1NC(=O)OCC1c2ccccc2-c2ccccc21. The second-order valence-electron chi connectivity index (χ2n) is 7.91. The number of anilines is 1. The first-order chi connectivity index (χ1) is 15.8. The first kappa shape index (κ1) is 22.1. The molecule has 0 spiro atoms. The van der Waals surface area contributed by atoms with Crippen molar-refractivity contribution in [3.05, 3.63) is 71.4 Å². The third kappa shape index (κ3) is 4.05. The average Bonchev–Trinajstić information content (AvgIpc) is 3.34. The summed E-state index contributed by atoms with van der Waals surface area (Å²) in [6.45, 7) is 1.52. The molecule has 9 nitrogen and oxygen atoms in total. The highest BCUT2D eigenvalue weighted by Gasteiger charge is 2.30. The van der Waals surface area contributed by atoms with Crippen LogP contribution in [0.3, 0.4) is 0 Å². The van der Waals surface area contributed by atoms with Gasteiger partial charge in [-0.25, -0.2) is 9.59 Å². The number of carboxylic acid groups (broad SMARTS) is 1. The number of benzene rings is 2. The van der Waals surface area contributed by atoms with E-state index in [4.69, 9.17) is 4.74 Å². The second-order valence-corrected chi connectivity index (χ2v) is 7.91. The van der Waals surface area contributed by atoms with Crippen molar-refractivity contribution >= 4 is 23.8 Å². The van der Waals surface area contributed by atoms with Gasteiger partial charge in [-0.05, 0) is 29.2 Å². The highest BCUT2D eigenvalue weighted by atomic mass is 16.5. The molecule has 4 rings (SSSR count). The van der Waals surface area contributed by atoms with Gasteiger partial charge < -0.3 is 14.7 Å². The van der Waals surface area contributed by atoms with E-state index >= 15 is 0 Å². The van der Waals surface area contributed by atoms with Gasteiger partial charge in [-0.3, -0.25) is 14.8 Å². The van der Waals surface area contributed by atoms with Crippen molar-refractivity contribution in [2.45, 2.75) is 18.9 Å². The predicted molar refractivity (Wildman–Crippen MR) is 121 cm³/mol. The number of carbonyl (C=O) groups excluding carboxylic acids is 2. The second kappa shape index (κ2) is 8.78. The van der Waals surface area contributed by atoms with Crippen LogP contribution in [0.4, 0.5) is 10.6 Å². The van der Waals surface area contributed by atoms with E-state index in [0.29, 0.717) is 0 Å². The molecule has 2 N–H and O–H groups in total. The number of carbonyl (C=O) groups is 3. The Morgan fingerprint density at radius 2 is 1.70 bits per heavy atom. The summed E-state index contributed by atoms with van der Waals surface area (Å²) >= 11 is 0. The molecule has 1 atom stereocenters. The number of nitrogens with one attached hydrogen (secondary N) is 1. The van der Waals surface area contributed by atoms with Gasteiger partial charge in [-0.2, -0.15) is 5.10 Å². The highest BCUT2D eigenvalue weighted by molar-refractivity contribution is 6.02. The van der Waals surface area contributed by atoms with Gasteiger partial charge in [0.2, 0.25) is 0 Å². The van der Waals surface area contributed by atoms with E-state index in [2.05, 4.69) is 22.5 Å². The van der Waals surface area contributed by atoms with Gasteiger partial charge in [0.1, 0.15) is 24.0 Å². The van der Waals surface area contributed by atoms with Crippen molar-refractivity contribution in [2.24, 2.45) is 7.05 Å². The normalized spacial score (nSPS) is 13.1. The van der Waals surface area contributed by atoms with Gasteiger partial charge in [-0.15, -0.1) is 0 Å². The molecule has 1 aliphatic carbocycles. The first-order valence-electron chi connectivity index (χ1n) is 10.4. The number of hydrogen-bond acceptors (Lipinski definition) is 5. The van der Waals surface area contributed by atoms with E-state index in [1.807, 2.05) is 36.4 Å². The summed E-state index contributed by atoms with van der Waals surface area (Å²) in [6.07, 6.45) is 0.551. The molecule has 0 saturated carbocycles. The number of likely N-dealkylation sites (N-methyl/N-ethyl adjacent to an activating group) is 1. The van der Waals surface area contributed by atoms with Crippen LogP contribution in [0.15, 0.2) is 54.7 Å². The Morgan fingerprint density at radius 1 is 1.12 bits per heavy atom. The van der Waals surface area contributed by atoms with Gasteiger partial charge in [0.15, 0.2) is 0 Å². The summed E-state index contributed by atoms with van der Waals surface area (Å²) in [5, 5.41) is 15.8. The third-order valence-corrected chi connectivity index (χ3v) is 5.99. The lowest BCUT2D eigenvalue weighted by molar-refractivity contribution is -0.141. The summed E-state index contributed by atoms with van der Waals surface area (Å²) < 4.78 is 6.87. The average molecular weight is 448 g/mol. The van der Waals surface area contributed by atoms with Crippen molar-refractivity contribution in [3.63, 3.8) is 0 Å². The largest absolute Gasteiger partial charge is 0.480 e. The number of aliphatic carboxylic acids is 1. The van der Waals surface area contributed by atoms with Crippen LogP contribution >= 0.6 is 0 Å². The van der Waals surface area contributed by atoms with Crippen LogP contribution in [0.25, 0.3) is 11.1 Å². The van der Waals surface area contributed by atoms with Crippen molar-refractivity contribution in [2.75, 3.05) is 19.0 Å². The molecule has 2 amide bonds. The Bertz CT molecular complexity index is 1190. The number of hydrogen-bond donors (Lipinski definition) is 2. The fourth-order valence-electron chi connectivity index (χ4n) is 4.00. The highest BCUT2D eigenvalue weighted by Crippen LogP contribution is 2.44. The van der Waals surface area contributed by atoms with Gasteiger partial charge in [0, 0.05) is 20.0 Å². The maximum absolute atomic E-state index is 12.8. The molecule has 170 valence electrons. The molecule has 2 aromatic carbocycles. The maximum atomic E-state index is 12.8. The molecule has 0 bridgehead atoms. The summed E-state index contributed by atoms with van der Waals surface area (Å²) in [6, 6.07) is 15.0. The summed E-state index contributed by atoms with van der Waals surface area (Å²) in [4.78, 5) is 37.7. The quantitative estimate of drug-likeness (QED) is 0.598. The van der Waals surface area contributed by atoms with E-state index in [9.17, 15) is 19.5 Å². The molecule has 0 aliphatic heterocycles. The van der Waals surface area contributed by atoms with Crippen LogP contribution in [0, 0.1) is 0 Å². The molecule has 1 heterocycles. The lowest BCUT2D eigenvalue weighted by atomic mass is 9.98. The Morgan fingerprint density at radius 3 is 2.27 bits per heavy atom. The number of aryl methyl sites for hydroxylation is 1. The van der Waals surface area contributed by atoms with E-state index in [-0.39, 0.29) is 23.9 Å². The summed E-state index contributed by atoms with van der Waals surface area (Å²) in [7, 11) is 2.95. The fraction of sp³-hybridized carbons (Fsp3) is 0.250. The van der Waals surface area contributed by atoms with Crippen LogP contribution in [-0.2, 0) is 16.6 Å². The van der Waals surface area contributed by atoms with Gasteiger partial charge in [0.05, 0.1) is 6.20 Å². The smallest absolute Gasteiger partial charge is 0.412 e. The fourth-order valence-corrected chi connectivity index (χ4v) is 4.00. The number of carboxylic acids is 1. The number of aromatic nitrogens is 2.